The van der Waals surface area contributed by atoms with Crippen LogP contribution in [0.25, 0.3) is 0 Å². The lowest BCUT2D eigenvalue weighted by Gasteiger charge is -2.32. The lowest BCUT2D eigenvalue weighted by molar-refractivity contribution is 0.213. The molecule has 1 rings (SSSR count). The van der Waals surface area contributed by atoms with Crippen LogP contribution in [0.2, 0.25) is 0 Å². The molecule has 1 aliphatic rings. The Hall–Kier alpha value is -0.0400. The van der Waals surface area contributed by atoms with Crippen LogP contribution in [0, 0.1) is 11.8 Å². The van der Waals surface area contributed by atoms with Crippen molar-refractivity contribution in [3.05, 3.63) is 0 Å². The van der Waals surface area contributed by atoms with Crippen LogP contribution in [0.3, 0.4) is 0 Å². The minimum atomic E-state index is 0.509. The Morgan fingerprint density at radius 1 is 1.07 bits per heavy atom. The zero-order valence-corrected chi connectivity index (χ0v) is 10.7. The largest absolute Gasteiger partial charge is 0.328 e. The van der Waals surface area contributed by atoms with Crippen molar-refractivity contribution in [3.63, 3.8) is 0 Å². The van der Waals surface area contributed by atoms with E-state index in [1.54, 1.807) is 0 Å². The maximum atomic E-state index is 5.96. The molecular formula is C14H29N. The standard InChI is InChI=1S/C14H29N/c1-3-5-6-7-12(4-2)13-8-10-14(15)11-9-13/h12-14H,3-11,15H2,1-2H3/t12?,13-,14-. The molecule has 0 amide bonds. The smallest absolute Gasteiger partial charge is 0.00390 e. The van der Waals surface area contributed by atoms with Crippen molar-refractivity contribution in [2.24, 2.45) is 17.6 Å². The quantitative estimate of drug-likeness (QED) is 0.657. The molecule has 1 unspecified atom stereocenters. The third-order valence-electron chi connectivity index (χ3n) is 4.19. The Bertz CT molecular complexity index is 147. The van der Waals surface area contributed by atoms with Gasteiger partial charge in [-0.1, -0.05) is 46.0 Å². The minimum Gasteiger partial charge on any atom is -0.328 e. The van der Waals surface area contributed by atoms with Gasteiger partial charge in [-0.15, -0.1) is 0 Å². The molecule has 0 radical (unpaired) electrons. The highest BCUT2D eigenvalue weighted by Crippen LogP contribution is 2.34. The molecule has 0 saturated heterocycles. The summed E-state index contributed by atoms with van der Waals surface area (Å²) in [6, 6.07) is 0.509. The van der Waals surface area contributed by atoms with Crippen LogP contribution in [0.5, 0.6) is 0 Å². The van der Waals surface area contributed by atoms with Crippen molar-refractivity contribution in [2.45, 2.75) is 77.7 Å². The highest BCUT2D eigenvalue weighted by atomic mass is 14.6. The second kappa shape index (κ2) is 7.27. The molecule has 1 aliphatic carbocycles. The van der Waals surface area contributed by atoms with Crippen LogP contribution in [-0.4, -0.2) is 6.04 Å². The van der Waals surface area contributed by atoms with E-state index < -0.39 is 0 Å². The normalized spacial score (nSPS) is 29.0. The number of nitrogens with two attached hydrogens (primary N) is 1. The molecule has 1 nitrogen and oxygen atoms in total. The summed E-state index contributed by atoms with van der Waals surface area (Å²) in [6.07, 6.45) is 12.4. The van der Waals surface area contributed by atoms with Crippen molar-refractivity contribution < 1.29 is 0 Å². The second-order valence-electron chi connectivity index (χ2n) is 5.34. The Morgan fingerprint density at radius 3 is 2.27 bits per heavy atom. The minimum absolute atomic E-state index is 0.509. The van der Waals surface area contributed by atoms with Crippen molar-refractivity contribution in [1.29, 1.82) is 0 Å². The number of rotatable bonds is 6. The van der Waals surface area contributed by atoms with Gasteiger partial charge in [0.15, 0.2) is 0 Å². The van der Waals surface area contributed by atoms with E-state index in [0.29, 0.717) is 6.04 Å². The molecule has 1 saturated carbocycles. The summed E-state index contributed by atoms with van der Waals surface area (Å²) in [7, 11) is 0. The summed E-state index contributed by atoms with van der Waals surface area (Å²) < 4.78 is 0. The first-order valence-electron chi connectivity index (χ1n) is 7.03. The first kappa shape index (κ1) is 13.0. The van der Waals surface area contributed by atoms with Gasteiger partial charge in [0.2, 0.25) is 0 Å². The molecule has 0 spiro atoms. The van der Waals surface area contributed by atoms with Gasteiger partial charge in [0.05, 0.1) is 0 Å². The average Bonchev–Trinajstić information content (AvgIpc) is 2.26. The van der Waals surface area contributed by atoms with E-state index in [1.807, 2.05) is 0 Å². The zero-order valence-electron chi connectivity index (χ0n) is 10.7. The van der Waals surface area contributed by atoms with Crippen LogP contribution < -0.4 is 5.73 Å². The maximum Gasteiger partial charge on any atom is 0.00390 e. The molecule has 0 aliphatic heterocycles. The SMILES string of the molecule is CCCCCC(CC)[C@H]1CC[C@H](N)CC1. The van der Waals surface area contributed by atoms with Gasteiger partial charge in [-0.05, 0) is 37.5 Å². The number of hydrogen-bond acceptors (Lipinski definition) is 1. The fourth-order valence-corrected chi connectivity index (χ4v) is 3.05. The summed E-state index contributed by atoms with van der Waals surface area (Å²) >= 11 is 0. The first-order valence-corrected chi connectivity index (χ1v) is 7.03. The Morgan fingerprint density at radius 2 is 1.73 bits per heavy atom. The summed E-state index contributed by atoms with van der Waals surface area (Å²) in [4.78, 5) is 0. The lowest BCUT2D eigenvalue weighted by Crippen LogP contribution is -2.29. The van der Waals surface area contributed by atoms with Crippen LogP contribution in [0.1, 0.15) is 71.6 Å². The molecule has 0 heterocycles. The van der Waals surface area contributed by atoms with E-state index in [9.17, 15) is 0 Å². The Kier molecular flexibility index (Phi) is 6.31. The maximum absolute atomic E-state index is 5.96. The van der Waals surface area contributed by atoms with Gasteiger partial charge in [0.25, 0.3) is 0 Å². The Balaban J connectivity index is 2.24. The molecule has 0 aromatic heterocycles. The molecule has 0 aromatic carbocycles. The molecule has 0 aromatic rings. The van der Waals surface area contributed by atoms with Gasteiger partial charge in [-0.2, -0.15) is 0 Å². The molecule has 2 N–H and O–H groups in total. The average molecular weight is 211 g/mol. The first-order chi connectivity index (χ1) is 7.27. The molecule has 90 valence electrons. The molecule has 15 heavy (non-hydrogen) atoms. The third kappa shape index (κ3) is 4.55. The summed E-state index contributed by atoms with van der Waals surface area (Å²) in [5, 5.41) is 0. The number of unbranched alkanes of at least 4 members (excludes halogenated alkanes) is 2. The van der Waals surface area contributed by atoms with Crippen molar-refractivity contribution in [1.82, 2.24) is 0 Å². The van der Waals surface area contributed by atoms with Crippen molar-refractivity contribution >= 4 is 0 Å². The third-order valence-corrected chi connectivity index (χ3v) is 4.19. The van der Waals surface area contributed by atoms with E-state index in [1.165, 1.54) is 57.8 Å². The van der Waals surface area contributed by atoms with E-state index >= 15 is 0 Å². The highest BCUT2D eigenvalue weighted by Gasteiger charge is 2.24. The molecular weight excluding hydrogens is 182 g/mol. The molecule has 1 atom stereocenters. The highest BCUT2D eigenvalue weighted by molar-refractivity contribution is 4.78. The molecule has 0 bridgehead atoms. The Labute approximate surface area is 95.8 Å². The van der Waals surface area contributed by atoms with Gasteiger partial charge in [-0.3, -0.25) is 0 Å². The lowest BCUT2D eigenvalue weighted by atomic mass is 9.75. The van der Waals surface area contributed by atoms with Gasteiger partial charge in [-0.25, -0.2) is 0 Å². The van der Waals surface area contributed by atoms with Crippen LogP contribution in [0.4, 0.5) is 0 Å². The summed E-state index contributed by atoms with van der Waals surface area (Å²) in [6.45, 7) is 4.66. The summed E-state index contributed by atoms with van der Waals surface area (Å²) in [5.41, 5.74) is 5.96. The monoisotopic (exact) mass is 211 g/mol. The van der Waals surface area contributed by atoms with Crippen LogP contribution >= 0.6 is 0 Å². The van der Waals surface area contributed by atoms with Gasteiger partial charge < -0.3 is 5.73 Å². The summed E-state index contributed by atoms with van der Waals surface area (Å²) in [5.74, 6) is 1.98. The van der Waals surface area contributed by atoms with Crippen molar-refractivity contribution in [3.8, 4) is 0 Å². The van der Waals surface area contributed by atoms with E-state index in [0.717, 1.165) is 11.8 Å². The van der Waals surface area contributed by atoms with E-state index in [4.69, 9.17) is 5.73 Å². The second-order valence-corrected chi connectivity index (χ2v) is 5.34. The van der Waals surface area contributed by atoms with Gasteiger partial charge in [0.1, 0.15) is 0 Å². The van der Waals surface area contributed by atoms with Crippen LogP contribution in [-0.2, 0) is 0 Å². The predicted molar refractivity (Wildman–Crippen MR) is 67.9 cm³/mol. The topological polar surface area (TPSA) is 26.0 Å². The zero-order chi connectivity index (χ0) is 11.1. The molecule has 1 fully saturated rings. The fraction of sp³-hybridized carbons (Fsp3) is 1.00. The predicted octanol–water partition coefficient (Wildman–Crippen LogP) is 4.11. The van der Waals surface area contributed by atoms with E-state index in [-0.39, 0.29) is 0 Å². The van der Waals surface area contributed by atoms with Crippen molar-refractivity contribution in [2.75, 3.05) is 0 Å². The fourth-order valence-electron chi connectivity index (χ4n) is 3.05. The van der Waals surface area contributed by atoms with Gasteiger partial charge in [0, 0.05) is 6.04 Å². The van der Waals surface area contributed by atoms with Gasteiger partial charge >= 0.3 is 0 Å². The number of hydrogen-bond donors (Lipinski definition) is 1. The van der Waals surface area contributed by atoms with Crippen LogP contribution in [0.15, 0.2) is 0 Å². The van der Waals surface area contributed by atoms with E-state index in [2.05, 4.69) is 13.8 Å². The molecule has 1 heteroatoms.